The monoisotopic (exact) mass is 1480 g/mol. The number of anilines is 2. The number of carbonyl (C=O) groups is 6. The fraction of sp³-hybridized carbons (Fsp3) is 0.209. The first-order valence-electron chi connectivity index (χ1n) is 35.8. The molecular formula is C86H82N8O16. The number of carbonyl (C=O) groups excluding carboxylic acids is 6. The molecule has 10 aromatic rings. The van der Waals surface area contributed by atoms with Crippen LogP contribution in [-0.2, 0) is 85.7 Å². The van der Waals surface area contributed by atoms with Gasteiger partial charge >= 0.3 is 23.9 Å². The molecule has 562 valence electrons. The van der Waals surface area contributed by atoms with E-state index in [0.717, 1.165) is 5.56 Å². The molecule has 10 aromatic carbocycles. The van der Waals surface area contributed by atoms with Gasteiger partial charge in [0.25, 0.3) is 11.8 Å². The van der Waals surface area contributed by atoms with Crippen molar-refractivity contribution in [2.24, 2.45) is 11.5 Å². The van der Waals surface area contributed by atoms with Crippen LogP contribution in [0.1, 0.15) is 113 Å². The average Bonchev–Trinajstić information content (AvgIpc) is 0.788. The van der Waals surface area contributed by atoms with Crippen molar-refractivity contribution in [3.8, 4) is 34.1 Å². The van der Waals surface area contributed by atoms with Crippen molar-refractivity contribution in [2.75, 3.05) is 23.8 Å². The lowest BCUT2D eigenvalue weighted by atomic mass is 9.99. The zero-order valence-corrected chi connectivity index (χ0v) is 60.0. The van der Waals surface area contributed by atoms with Crippen LogP contribution in [0.2, 0.25) is 0 Å². The van der Waals surface area contributed by atoms with Crippen LogP contribution >= 0.6 is 0 Å². The first kappa shape index (κ1) is 76.5. The van der Waals surface area contributed by atoms with Gasteiger partial charge in [0.05, 0.1) is 42.9 Å². The Morgan fingerprint density at radius 1 is 0.500 bits per heavy atom. The van der Waals surface area contributed by atoms with Crippen molar-refractivity contribution in [3.05, 3.63) is 309 Å². The summed E-state index contributed by atoms with van der Waals surface area (Å²) in [6.07, 6.45) is -2.92. The smallest absolute Gasteiger partial charge is 0.343 e. The van der Waals surface area contributed by atoms with Gasteiger partial charge in [0.15, 0.2) is 41.2 Å². The van der Waals surface area contributed by atoms with Crippen LogP contribution in [0.5, 0.6) is 23.0 Å². The largest absolute Gasteiger partial charge is 0.489 e. The molecule has 10 N–H and O–H groups in total. The molecule has 4 atom stereocenters. The van der Waals surface area contributed by atoms with Gasteiger partial charge < -0.3 is 80.0 Å². The van der Waals surface area contributed by atoms with Crippen LogP contribution in [0.25, 0.3) is 11.1 Å². The van der Waals surface area contributed by atoms with E-state index >= 15 is 19.2 Å². The van der Waals surface area contributed by atoms with Crippen LogP contribution < -0.4 is 41.0 Å². The van der Waals surface area contributed by atoms with E-state index in [0.29, 0.717) is 92.7 Å². The first-order chi connectivity index (χ1) is 53.5. The molecule has 0 fully saturated rings. The van der Waals surface area contributed by atoms with Crippen molar-refractivity contribution in [3.63, 3.8) is 0 Å². The number of fused-ring (bicyclic) bond motifs is 4. The zero-order valence-electron chi connectivity index (χ0n) is 60.0. The summed E-state index contributed by atoms with van der Waals surface area (Å²) >= 11 is 0. The summed E-state index contributed by atoms with van der Waals surface area (Å²) in [5, 5.41) is 44.7. The Hall–Kier alpha value is -13.2. The van der Waals surface area contributed by atoms with Gasteiger partial charge in [0.1, 0.15) is 31.9 Å². The number of amides is 2. The molecule has 24 nitrogen and oxygen atoms in total. The van der Waals surface area contributed by atoms with Gasteiger partial charge in [-0.05, 0) is 148 Å². The van der Waals surface area contributed by atoms with E-state index in [1.54, 1.807) is 152 Å². The number of esters is 4. The van der Waals surface area contributed by atoms with Gasteiger partial charge in [0.2, 0.25) is 6.29 Å². The minimum Gasteiger partial charge on any atom is -0.489 e. The van der Waals surface area contributed by atoms with Crippen LogP contribution in [0.3, 0.4) is 0 Å². The van der Waals surface area contributed by atoms with Gasteiger partial charge in [-0.15, -0.1) is 0 Å². The third-order valence-corrected chi connectivity index (χ3v) is 18.3. The number of benzene rings is 10. The van der Waals surface area contributed by atoms with Crippen molar-refractivity contribution in [1.82, 2.24) is 9.80 Å². The maximum atomic E-state index is 16.1. The highest BCUT2D eigenvalue weighted by molar-refractivity contribution is 6.02. The molecule has 2 unspecified atom stereocenters. The second-order valence-corrected chi connectivity index (χ2v) is 26.2. The van der Waals surface area contributed by atoms with Crippen LogP contribution in [0.4, 0.5) is 11.4 Å². The summed E-state index contributed by atoms with van der Waals surface area (Å²) in [5.41, 5.74) is 18.8. The van der Waals surface area contributed by atoms with E-state index in [-0.39, 0.29) is 104 Å². The average molecular weight is 1480 g/mol. The lowest BCUT2D eigenvalue weighted by Crippen LogP contribution is -2.47. The van der Waals surface area contributed by atoms with Crippen LogP contribution in [0, 0.1) is 10.8 Å². The molecule has 2 aliphatic heterocycles. The van der Waals surface area contributed by atoms with E-state index in [2.05, 4.69) is 10.6 Å². The molecule has 0 aromatic heterocycles. The van der Waals surface area contributed by atoms with Gasteiger partial charge in [-0.2, -0.15) is 0 Å². The van der Waals surface area contributed by atoms with Gasteiger partial charge in [-0.25, -0.2) is 14.4 Å². The zero-order chi connectivity index (χ0) is 76.9. The van der Waals surface area contributed by atoms with E-state index in [9.17, 15) is 19.8 Å². The molecule has 12 rings (SSSR count). The van der Waals surface area contributed by atoms with Crippen molar-refractivity contribution >= 4 is 59.0 Å². The van der Waals surface area contributed by atoms with E-state index in [4.69, 9.17) is 60.2 Å². The molecule has 2 aliphatic rings. The fourth-order valence-corrected chi connectivity index (χ4v) is 12.9. The first-order valence-corrected chi connectivity index (χ1v) is 35.8. The lowest BCUT2D eigenvalue weighted by Gasteiger charge is -2.32. The Bertz CT molecular complexity index is 4940. The van der Waals surface area contributed by atoms with Crippen LogP contribution in [-0.4, -0.2) is 99.2 Å². The van der Waals surface area contributed by atoms with E-state index in [1.165, 1.54) is 40.1 Å². The number of nitrogens with two attached hydrogens (primary N) is 2. The number of aliphatic hydroxyl groups excluding tert-OH is 2. The minimum atomic E-state index is -1.65. The van der Waals surface area contributed by atoms with Gasteiger partial charge in [-0.3, -0.25) is 25.2 Å². The predicted octanol–water partition coefficient (Wildman–Crippen LogP) is 12.5. The summed E-state index contributed by atoms with van der Waals surface area (Å²) in [4.78, 5) is 93.3. The summed E-state index contributed by atoms with van der Waals surface area (Å²) in [6.45, 7) is -1.19. The van der Waals surface area contributed by atoms with Gasteiger partial charge in [-0.1, -0.05) is 176 Å². The second kappa shape index (κ2) is 36.9. The maximum absolute atomic E-state index is 16.1. The number of ether oxygens (including phenoxy) is 8. The molecular weight excluding hydrogens is 1400 g/mol. The number of guanidine groups is 2. The molecule has 2 heterocycles. The fourth-order valence-electron chi connectivity index (χ4n) is 12.9. The molecule has 0 saturated heterocycles. The third-order valence-electron chi connectivity index (χ3n) is 18.3. The quantitative estimate of drug-likeness (QED) is 0.00623. The summed E-state index contributed by atoms with van der Waals surface area (Å²) in [7, 11) is 0. The number of rotatable bonds is 26. The summed E-state index contributed by atoms with van der Waals surface area (Å²) in [5.74, 6) is -5.76. The number of hydrogen-bond donors (Lipinski definition) is 8. The lowest BCUT2D eigenvalue weighted by molar-refractivity contribution is -0.160. The topological polar surface area (TPSA) is 347 Å². The number of nitrogens with one attached hydrogen (secondary N) is 4. The number of aliphatic hydroxyl groups is 2. The van der Waals surface area contributed by atoms with Gasteiger partial charge in [0, 0.05) is 36.4 Å². The summed E-state index contributed by atoms with van der Waals surface area (Å²) < 4.78 is 49.1. The highest BCUT2D eigenvalue weighted by Crippen LogP contribution is 2.40. The normalized spacial score (nSPS) is 13.9. The maximum Gasteiger partial charge on any atom is 0.343 e. The third kappa shape index (κ3) is 20.3. The van der Waals surface area contributed by atoms with E-state index < -0.39 is 73.2 Å². The Morgan fingerprint density at radius 2 is 0.945 bits per heavy atom. The summed E-state index contributed by atoms with van der Waals surface area (Å²) in [6, 6.07) is 65.9. The Kier molecular flexibility index (Phi) is 25.7. The Labute approximate surface area is 635 Å². The second-order valence-electron chi connectivity index (χ2n) is 26.2. The molecule has 0 bridgehead atoms. The molecule has 0 radical (unpaired) electrons. The Balaban J connectivity index is 0.912. The SMILES string of the molecule is N=C(N)Nc1ccc2c(c1)CCCOc1c(cccc1C(=O)N(Cc1cccc(-c3cccc(CN(C(=O)c4cccc5c4OCCCc4cc(NC(=N)N)ccc4C(O)O5)[C@@H](CC(=O)OCc4ccccc4)C(=O)OCc4ccccc4)c3)c1)[C@@H](CC(O)OCc1ccccc1)C(=O)OCc1ccccc1)OC2=O. The molecule has 24 heteroatoms. The molecule has 110 heavy (non-hydrogen) atoms. The van der Waals surface area contributed by atoms with Crippen LogP contribution in [0.15, 0.2) is 243 Å². The molecule has 0 saturated carbocycles. The molecule has 0 spiro atoms. The molecule has 2 amide bonds. The number of aryl methyl sites for hydroxylation is 2. The highest BCUT2D eigenvalue weighted by Gasteiger charge is 2.39. The van der Waals surface area contributed by atoms with Crippen molar-refractivity contribution in [2.45, 2.75) is 103 Å². The number of hydrogen-bond acceptors (Lipinski definition) is 18. The number of para-hydroxylation sites is 2. The van der Waals surface area contributed by atoms with E-state index in [1.807, 2.05) is 60.7 Å². The number of nitrogens with zero attached hydrogens (tertiary/aromatic N) is 2. The Morgan fingerprint density at radius 3 is 1.48 bits per heavy atom. The van der Waals surface area contributed by atoms with Crippen molar-refractivity contribution < 1.29 is 76.9 Å². The van der Waals surface area contributed by atoms with Crippen molar-refractivity contribution in [1.29, 1.82) is 10.8 Å². The highest BCUT2D eigenvalue weighted by atomic mass is 16.6. The minimum absolute atomic E-state index is 0.0106. The standard InChI is InChI=1S/C86H82N8O16/c87-85(88)91-65-37-39-67-63(45-65)31-17-41-103-77-69(33-15-35-73(77)109-81(67)99)79(97)93(71(83(101)107-53-57-23-9-3-10-24-57)47-75(95)105-51-55-19-5-1-6-20-55)49-59-27-13-29-61(43-59)62-30-14-28-60(44-62)50-94(72(84(102)108-54-58-25-11-4-12-26-58)48-76(96)106-52-56-21-7-2-8-22-56)80(98)70-34-16-36-74-78(70)104-42-18-32-64-46-66(92-86(89)90)38-40-68(64)82(100)110-74/h1-16,19-30,33-40,43-46,71-72,75,82,95,100H,17-18,31-32,41-42,47-54H2,(H4,87,88,91)(H4,89,90,92)/t71-,72-,75?,82?/m0/s1. The molecule has 0 aliphatic carbocycles. The predicted molar refractivity (Wildman–Crippen MR) is 409 cm³/mol.